The molecule has 0 radical (unpaired) electrons. The van der Waals surface area contributed by atoms with E-state index in [9.17, 15) is 10.1 Å². The highest BCUT2D eigenvalue weighted by Crippen LogP contribution is 2.30. The minimum Gasteiger partial charge on any atom is -0.283 e. The van der Waals surface area contributed by atoms with E-state index in [1.54, 1.807) is 12.1 Å². The molecule has 3 rings (SSSR count). The average molecular weight is 323 g/mol. The molecule has 0 amide bonds. The van der Waals surface area contributed by atoms with Crippen LogP contribution in [0.25, 0.3) is 5.65 Å². The van der Waals surface area contributed by atoms with E-state index in [2.05, 4.69) is 15.2 Å². The van der Waals surface area contributed by atoms with Gasteiger partial charge in [0.1, 0.15) is 5.65 Å². The second kappa shape index (κ2) is 6.19. The summed E-state index contributed by atoms with van der Waals surface area (Å²) in [6.45, 7) is 6.08. The van der Waals surface area contributed by atoms with Crippen LogP contribution >= 0.6 is 0 Å². The normalized spacial score (nSPS) is 11.7. The minimum atomic E-state index is -0.448. The third-order valence-corrected chi connectivity index (χ3v) is 3.69. The molecule has 0 fully saturated rings. The fourth-order valence-corrected chi connectivity index (χ4v) is 2.47. The number of non-ortho nitro benzene ring substituents is 1. The molecule has 0 spiro atoms. The first-order chi connectivity index (χ1) is 11.5. The number of nitrogens with zero attached hydrogens (tertiary/aromatic N) is 5. The van der Waals surface area contributed by atoms with E-state index in [1.165, 1.54) is 12.1 Å². The van der Waals surface area contributed by atoms with Crippen LogP contribution in [0.15, 0.2) is 52.8 Å². The van der Waals surface area contributed by atoms with Crippen LogP contribution < -0.4 is 0 Å². The van der Waals surface area contributed by atoms with E-state index in [-0.39, 0.29) is 11.6 Å². The van der Waals surface area contributed by atoms with Gasteiger partial charge in [-0.15, -0.1) is 10.2 Å². The Balaban J connectivity index is 2.09. The van der Waals surface area contributed by atoms with Gasteiger partial charge in [-0.05, 0) is 30.5 Å². The number of benzene rings is 1. The van der Waals surface area contributed by atoms with E-state index in [1.807, 2.05) is 43.5 Å². The Bertz CT molecular complexity index is 943. The van der Waals surface area contributed by atoms with Gasteiger partial charge in [0.2, 0.25) is 0 Å². The summed E-state index contributed by atoms with van der Waals surface area (Å²) in [6, 6.07) is 10.0. The first-order valence-electron chi connectivity index (χ1n) is 7.61. The molecule has 0 saturated heterocycles. The van der Waals surface area contributed by atoms with E-state index in [0.29, 0.717) is 11.5 Å². The van der Waals surface area contributed by atoms with E-state index in [4.69, 9.17) is 0 Å². The SMILES string of the molecule is Cc1cccn2c(N=Nc3cccc([N+](=O)[O-])c3)c(C(C)C)nc12. The summed E-state index contributed by atoms with van der Waals surface area (Å²) in [5, 5.41) is 19.4. The lowest BCUT2D eigenvalue weighted by atomic mass is 10.1. The topological polar surface area (TPSA) is 85.2 Å². The van der Waals surface area contributed by atoms with Gasteiger partial charge in [0.25, 0.3) is 5.69 Å². The molecule has 0 saturated carbocycles. The highest BCUT2D eigenvalue weighted by Gasteiger charge is 2.16. The van der Waals surface area contributed by atoms with Gasteiger partial charge >= 0.3 is 0 Å². The van der Waals surface area contributed by atoms with Crippen LogP contribution in [0.1, 0.15) is 31.0 Å². The summed E-state index contributed by atoms with van der Waals surface area (Å²) in [4.78, 5) is 15.1. The van der Waals surface area contributed by atoms with Crippen LogP contribution in [0, 0.1) is 17.0 Å². The molecule has 0 aliphatic carbocycles. The van der Waals surface area contributed by atoms with E-state index in [0.717, 1.165) is 16.9 Å². The van der Waals surface area contributed by atoms with Crippen LogP contribution in [-0.2, 0) is 0 Å². The molecule has 0 atom stereocenters. The first-order valence-corrected chi connectivity index (χ1v) is 7.61. The summed E-state index contributed by atoms with van der Waals surface area (Å²) in [7, 11) is 0. The van der Waals surface area contributed by atoms with Crippen molar-refractivity contribution in [2.75, 3.05) is 0 Å². The molecule has 0 unspecified atom stereocenters. The van der Waals surface area contributed by atoms with Gasteiger partial charge in [-0.25, -0.2) is 4.98 Å². The average Bonchev–Trinajstić information content (AvgIpc) is 2.93. The fraction of sp³-hybridized carbons (Fsp3) is 0.235. The second-order valence-corrected chi connectivity index (χ2v) is 5.84. The van der Waals surface area contributed by atoms with Crippen LogP contribution in [0.5, 0.6) is 0 Å². The monoisotopic (exact) mass is 323 g/mol. The zero-order valence-corrected chi connectivity index (χ0v) is 13.7. The molecule has 3 aromatic rings. The summed E-state index contributed by atoms with van der Waals surface area (Å²) in [5.41, 5.74) is 3.16. The van der Waals surface area contributed by atoms with Crippen molar-refractivity contribution in [1.82, 2.24) is 9.38 Å². The Labute approximate surface area is 138 Å². The number of hydrogen-bond donors (Lipinski definition) is 0. The molecule has 0 aliphatic heterocycles. The van der Waals surface area contributed by atoms with Gasteiger partial charge in [-0.1, -0.05) is 26.0 Å². The van der Waals surface area contributed by atoms with Crippen LogP contribution in [-0.4, -0.2) is 14.3 Å². The Morgan fingerprint density at radius 3 is 2.71 bits per heavy atom. The molecule has 2 aromatic heterocycles. The van der Waals surface area contributed by atoms with Gasteiger partial charge in [0, 0.05) is 18.3 Å². The summed E-state index contributed by atoms with van der Waals surface area (Å²) in [5.74, 6) is 0.832. The number of imidazole rings is 1. The Morgan fingerprint density at radius 1 is 1.21 bits per heavy atom. The third kappa shape index (κ3) is 2.88. The van der Waals surface area contributed by atoms with Gasteiger partial charge in [0.05, 0.1) is 16.3 Å². The largest absolute Gasteiger partial charge is 0.283 e. The quantitative estimate of drug-likeness (QED) is 0.381. The van der Waals surface area contributed by atoms with E-state index < -0.39 is 4.92 Å². The highest BCUT2D eigenvalue weighted by molar-refractivity contribution is 5.57. The standard InChI is InChI=1S/C17H17N5O2/c1-11(2)15-17(21-9-5-6-12(3)16(21)18-15)20-19-13-7-4-8-14(10-13)22(23)24/h4-11H,1-3H3. The van der Waals surface area contributed by atoms with Crippen molar-refractivity contribution in [3.05, 3.63) is 64.0 Å². The lowest BCUT2D eigenvalue weighted by Gasteiger charge is -2.01. The van der Waals surface area contributed by atoms with Crippen molar-refractivity contribution in [2.24, 2.45) is 10.2 Å². The molecule has 7 heteroatoms. The van der Waals surface area contributed by atoms with Crippen molar-refractivity contribution in [3.63, 3.8) is 0 Å². The maximum atomic E-state index is 10.9. The minimum absolute atomic E-state index is 0.00970. The molecular formula is C17H17N5O2. The van der Waals surface area contributed by atoms with Gasteiger partial charge in [0.15, 0.2) is 5.82 Å². The maximum absolute atomic E-state index is 10.9. The summed E-state index contributed by atoms with van der Waals surface area (Å²) in [6.07, 6.45) is 1.89. The molecule has 1 aromatic carbocycles. The van der Waals surface area contributed by atoms with Gasteiger partial charge in [-0.2, -0.15) is 0 Å². The molecule has 0 bridgehead atoms. The van der Waals surface area contributed by atoms with Crippen LogP contribution in [0.4, 0.5) is 17.2 Å². The molecule has 2 heterocycles. The number of aryl methyl sites for hydroxylation is 1. The van der Waals surface area contributed by atoms with E-state index >= 15 is 0 Å². The molecule has 122 valence electrons. The summed E-state index contributed by atoms with van der Waals surface area (Å²) >= 11 is 0. The molecule has 7 nitrogen and oxygen atoms in total. The molecular weight excluding hydrogens is 306 g/mol. The number of nitro groups is 1. The number of rotatable bonds is 4. The number of nitro benzene ring substituents is 1. The lowest BCUT2D eigenvalue weighted by Crippen LogP contribution is -1.88. The zero-order chi connectivity index (χ0) is 17.3. The maximum Gasteiger partial charge on any atom is 0.271 e. The molecule has 0 N–H and O–H groups in total. The number of hydrogen-bond acceptors (Lipinski definition) is 5. The fourth-order valence-electron chi connectivity index (χ4n) is 2.47. The van der Waals surface area contributed by atoms with Crippen LogP contribution in [0.2, 0.25) is 0 Å². The zero-order valence-electron chi connectivity index (χ0n) is 13.7. The third-order valence-electron chi connectivity index (χ3n) is 3.69. The van der Waals surface area contributed by atoms with Crippen molar-refractivity contribution in [3.8, 4) is 0 Å². The van der Waals surface area contributed by atoms with Gasteiger partial charge in [-0.3, -0.25) is 14.5 Å². The molecule has 24 heavy (non-hydrogen) atoms. The van der Waals surface area contributed by atoms with Crippen molar-refractivity contribution < 1.29 is 4.92 Å². The highest BCUT2D eigenvalue weighted by atomic mass is 16.6. The first kappa shape index (κ1) is 15.8. The lowest BCUT2D eigenvalue weighted by molar-refractivity contribution is -0.384. The Morgan fingerprint density at radius 2 is 2.00 bits per heavy atom. The van der Waals surface area contributed by atoms with Crippen molar-refractivity contribution >= 4 is 22.8 Å². The second-order valence-electron chi connectivity index (χ2n) is 5.84. The number of fused-ring (bicyclic) bond motifs is 1. The number of azo groups is 1. The van der Waals surface area contributed by atoms with Crippen molar-refractivity contribution in [1.29, 1.82) is 0 Å². The predicted molar refractivity (Wildman–Crippen MR) is 91.3 cm³/mol. The van der Waals surface area contributed by atoms with Crippen LogP contribution in [0.3, 0.4) is 0 Å². The predicted octanol–water partition coefficient (Wildman–Crippen LogP) is 5.09. The number of pyridine rings is 1. The number of aromatic nitrogens is 2. The summed E-state index contributed by atoms with van der Waals surface area (Å²) < 4.78 is 1.89. The van der Waals surface area contributed by atoms with Gasteiger partial charge < -0.3 is 0 Å². The smallest absolute Gasteiger partial charge is 0.271 e. The van der Waals surface area contributed by atoms with Crippen molar-refractivity contribution in [2.45, 2.75) is 26.7 Å². The molecule has 0 aliphatic rings. The Kier molecular flexibility index (Phi) is 4.07. The Hall–Kier alpha value is -3.09.